The molecule has 1 amide bonds. The first kappa shape index (κ1) is 18.2. The molecule has 1 N–H and O–H groups in total. The highest BCUT2D eigenvalue weighted by Crippen LogP contribution is 2.30. The topological polar surface area (TPSA) is 58.1 Å². The van der Waals surface area contributed by atoms with Gasteiger partial charge in [0.1, 0.15) is 10.3 Å². The Morgan fingerprint density at radius 3 is 3.04 bits per heavy atom. The van der Waals surface area contributed by atoms with Gasteiger partial charge in [0.25, 0.3) is 0 Å². The van der Waals surface area contributed by atoms with E-state index in [2.05, 4.69) is 20.2 Å². The smallest absolute Gasteiger partial charge is 0.224 e. The van der Waals surface area contributed by atoms with Crippen LogP contribution in [0.4, 0.5) is 5.13 Å². The lowest BCUT2D eigenvalue weighted by molar-refractivity contribution is -0.125. The number of rotatable bonds is 5. The molecule has 3 aromatic rings. The number of halogens is 1. The number of hydrogen-bond donors (Lipinski definition) is 1. The van der Waals surface area contributed by atoms with E-state index in [0.29, 0.717) is 13.1 Å². The molecule has 1 aromatic carbocycles. The van der Waals surface area contributed by atoms with Crippen molar-refractivity contribution >= 4 is 44.3 Å². The summed E-state index contributed by atoms with van der Waals surface area (Å²) in [4.78, 5) is 24.8. The number of carbonyl (C=O) groups excluding carboxylic acids is 1. The number of thiazole rings is 1. The van der Waals surface area contributed by atoms with Crippen molar-refractivity contribution in [3.63, 3.8) is 0 Å². The Morgan fingerprint density at radius 2 is 2.19 bits per heavy atom. The third-order valence-corrected chi connectivity index (χ3v) is 6.28. The number of nitrogens with one attached hydrogen (secondary N) is 1. The van der Waals surface area contributed by atoms with Crippen LogP contribution < -0.4 is 10.2 Å². The minimum atomic E-state index is -0.00929. The summed E-state index contributed by atoms with van der Waals surface area (Å²) in [6, 6.07) is 11.6. The monoisotopic (exact) mass is 400 g/mol. The summed E-state index contributed by atoms with van der Waals surface area (Å²) in [5.41, 5.74) is 1.98. The van der Waals surface area contributed by atoms with E-state index in [1.165, 1.54) is 0 Å². The zero-order chi connectivity index (χ0) is 18.6. The van der Waals surface area contributed by atoms with Gasteiger partial charge in [-0.2, -0.15) is 0 Å². The van der Waals surface area contributed by atoms with E-state index in [1.54, 1.807) is 17.5 Å². The second-order valence-corrected chi connectivity index (χ2v) is 8.10. The predicted molar refractivity (Wildman–Crippen MR) is 111 cm³/mol. The van der Waals surface area contributed by atoms with E-state index in [9.17, 15) is 4.79 Å². The van der Waals surface area contributed by atoms with Gasteiger partial charge < -0.3 is 10.2 Å². The van der Waals surface area contributed by atoms with Crippen LogP contribution in [0, 0.1) is 5.92 Å². The highest BCUT2D eigenvalue weighted by Gasteiger charge is 2.27. The van der Waals surface area contributed by atoms with Crippen LogP contribution in [0.1, 0.15) is 18.4 Å². The molecule has 0 unspecified atom stereocenters. The predicted octanol–water partition coefficient (Wildman–Crippen LogP) is 3.92. The first-order chi connectivity index (χ1) is 13.2. The van der Waals surface area contributed by atoms with Crippen LogP contribution in [0.2, 0.25) is 5.02 Å². The standard InChI is InChI=1S/C20H21ClN4OS/c21-16-7-2-1-5-14(16)9-11-22-18(26)15-6-4-12-25(13-15)20-24-17-8-3-10-23-19(17)27-20/h1-3,5,7-8,10,15H,4,6,9,11-13H2,(H,22,26)/t15-/m0/s1. The molecular weight excluding hydrogens is 380 g/mol. The van der Waals surface area contributed by atoms with E-state index in [-0.39, 0.29) is 11.8 Å². The number of nitrogens with zero attached hydrogens (tertiary/aromatic N) is 3. The van der Waals surface area contributed by atoms with E-state index in [1.807, 2.05) is 36.4 Å². The summed E-state index contributed by atoms with van der Waals surface area (Å²) in [6.07, 6.45) is 4.44. The molecule has 27 heavy (non-hydrogen) atoms. The van der Waals surface area contributed by atoms with E-state index in [4.69, 9.17) is 11.6 Å². The maximum absolute atomic E-state index is 12.6. The number of aromatic nitrogens is 2. The van der Waals surface area contributed by atoms with Crippen molar-refractivity contribution in [2.75, 3.05) is 24.5 Å². The van der Waals surface area contributed by atoms with Crippen molar-refractivity contribution in [2.24, 2.45) is 5.92 Å². The lowest BCUT2D eigenvalue weighted by Crippen LogP contribution is -2.43. The van der Waals surface area contributed by atoms with E-state index < -0.39 is 0 Å². The normalized spacial score (nSPS) is 17.2. The fourth-order valence-corrected chi connectivity index (χ4v) is 4.60. The van der Waals surface area contributed by atoms with Gasteiger partial charge in [0, 0.05) is 30.9 Å². The third kappa shape index (κ3) is 4.22. The van der Waals surface area contributed by atoms with Crippen molar-refractivity contribution in [1.82, 2.24) is 15.3 Å². The van der Waals surface area contributed by atoms with Gasteiger partial charge in [-0.25, -0.2) is 9.97 Å². The highest BCUT2D eigenvalue weighted by atomic mass is 35.5. The molecule has 140 valence electrons. The Hall–Kier alpha value is -2.18. The Morgan fingerprint density at radius 1 is 1.30 bits per heavy atom. The fraction of sp³-hybridized carbons (Fsp3) is 0.350. The first-order valence-electron chi connectivity index (χ1n) is 9.18. The SMILES string of the molecule is O=C(NCCc1ccccc1Cl)[C@H]1CCCN(c2nc3cccnc3s2)C1. The van der Waals surface area contributed by atoms with E-state index in [0.717, 1.165) is 51.9 Å². The Kier molecular flexibility index (Phi) is 5.55. The number of anilines is 1. The summed E-state index contributed by atoms with van der Waals surface area (Å²) in [7, 11) is 0. The van der Waals surface area contributed by atoms with Gasteiger partial charge in [-0.05, 0) is 43.0 Å². The van der Waals surface area contributed by atoms with Crippen LogP contribution in [0.15, 0.2) is 42.6 Å². The van der Waals surface area contributed by atoms with Crippen molar-refractivity contribution in [1.29, 1.82) is 0 Å². The molecule has 4 rings (SSSR count). The van der Waals surface area contributed by atoms with Gasteiger partial charge in [-0.1, -0.05) is 41.1 Å². The molecule has 0 saturated carbocycles. The zero-order valence-electron chi connectivity index (χ0n) is 14.9. The maximum atomic E-state index is 12.6. The molecule has 1 atom stereocenters. The molecule has 0 spiro atoms. The minimum absolute atomic E-state index is 0.00929. The minimum Gasteiger partial charge on any atom is -0.355 e. The lowest BCUT2D eigenvalue weighted by Gasteiger charge is -2.31. The lowest BCUT2D eigenvalue weighted by atomic mass is 9.97. The highest BCUT2D eigenvalue weighted by molar-refractivity contribution is 7.21. The summed E-state index contributed by atoms with van der Waals surface area (Å²) in [5, 5.41) is 4.78. The molecular formula is C20H21ClN4OS. The molecule has 3 heterocycles. The quantitative estimate of drug-likeness (QED) is 0.705. The van der Waals surface area contributed by atoms with Crippen LogP contribution in [-0.2, 0) is 11.2 Å². The molecule has 1 saturated heterocycles. The number of benzene rings is 1. The summed E-state index contributed by atoms with van der Waals surface area (Å²) >= 11 is 7.77. The van der Waals surface area contributed by atoms with Gasteiger partial charge in [0.05, 0.1) is 5.92 Å². The molecule has 0 aliphatic carbocycles. The summed E-state index contributed by atoms with van der Waals surface area (Å²) in [5.74, 6) is 0.107. The molecule has 7 heteroatoms. The molecule has 5 nitrogen and oxygen atoms in total. The Balaban J connectivity index is 1.34. The van der Waals surface area contributed by atoms with Crippen molar-refractivity contribution in [2.45, 2.75) is 19.3 Å². The van der Waals surface area contributed by atoms with E-state index >= 15 is 0 Å². The summed E-state index contributed by atoms with van der Waals surface area (Å²) in [6.45, 7) is 2.24. The summed E-state index contributed by atoms with van der Waals surface area (Å²) < 4.78 is 0. The number of pyridine rings is 1. The molecule has 1 aliphatic rings. The first-order valence-corrected chi connectivity index (χ1v) is 10.4. The second-order valence-electron chi connectivity index (χ2n) is 6.74. The van der Waals surface area contributed by atoms with Crippen LogP contribution in [0.5, 0.6) is 0 Å². The third-order valence-electron chi connectivity index (χ3n) is 4.87. The number of hydrogen-bond acceptors (Lipinski definition) is 5. The molecule has 0 bridgehead atoms. The zero-order valence-corrected chi connectivity index (χ0v) is 16.5. The van der Waals surface area contributed by atoms with Gasteiger partial charge in [0.2, 0.25) is 5.91 Å². The van der Waals surface area contributed by atoms with Crippen molar-refractivity contribution in [3.05, 3.63) is 53.2 Å². The van der Waals surface area contributed by atoms with Crippen LogP contribution in [0.3, 0.4) is 0 Å². The molecule has 2 aromatic heterocycles. The average molecular weight is 401 g/mol. The van der Waals surface area contributed by atoms with Gasteiger partial charge in [-0.15, -0.1) is 0 Å². The van der Waals surface area contributed by atoms with Crippen LogP contribution >= 0.6 is 22.9 Å². The maximum Gasteiger partial charge on any atom is 0.224 e. The van der Waals surface area contributed by atoms with Gasteiger partial charge in [-0.3, -0.25) is 4.79 Å². The number of fused-ring (bicyclic) bond motifs is 1. The molecule has 1 fully saturated rings. The fourth-order valence-electron chi connectivity index (χ4n) is 3.42. The van der Waals surface area contributed by atoms with Gasteiger partial charge in [0.15, 0.2) is 5.13 Å². The largest absolute Gasteiger partial charge is 0.355 e. The molecule has 1 aliphatic heterocycles. The van der Waals surface area contributed by atoms with Crippen molar-refractivity contribution in [3.8, 4) is 0 Å². The average Bonchev–Trinajstić information content (AvgIpc) is 3.14. The Labute approximate surface area is 167 Å². The second kappa shape index (κ2) is 8.23. The number of piperidine rings is 1. The van der Waals surface area contributed by atoms with Crippen LogP contribution in [-0.4, -0.2) is 35.5 Å². The van der Waals surface area contributed by atoms with Gasteiger partial charge >= 0.3 is 0 Å². The van der Waals surface area contributed by atoms with Crippen molar-refractivity contribution < 1.29 is 4.79 Å². The number of amides is 1. The number of carbonyl (C=O) groups is 1. The Bertz CT molecular complexity index is 911. The van der Waals surface area contributed by atoms with Crippen LogP contribution in [0.25, 0.3) is 10.3 Å². The molecule has 0 radical (unpaired) electrons.